The number of carbonyl (C=O) groups is 1. The van der Waals surface area contributed by atoms with Crippen molar-refractivity contribution in [3.05, 3.63) is 21.4 Å². The maximum Gasteiger partial charge on any atom is 0.261 e. The number of thioether (sulfide) groups is 1. The standard InChI is InChI=1S/C15H22ClNOS2/c1-3-10(4-2)12(16)8-17-15(18)14-7-11-9-19-6-5-13(11)20-14/h7,10,12H,3-6,8-9H2,1-2H3,(H,17,18). The van der Waals surface area contributed by atoms with Crippen molar-refractivity contribution in [2.45, 2.75) is 44.2 Å². The van der Waals surface area contributed by atoms with E-state index in [1.807, 2.05) is 11.8 Å². The van der Waals surface area contributed by atoms with E-state index in [9.17, 15) is 4.79 Å². The number of amides is 1. The SMILES string of the molecule is CCC(CC)C(Cl)CNC(=O)c1cc2c(s1)CCSC2. The summed E-state index contributed by atoms with van der Waals surface area (Å²) in [7, 11) is 0. The van der Waals surface area contributed by atoms with Crippen molar-refractivity contribution in [3.63, 3.8) is 0 Å². The molecular formula is C15H22ClNOS2. The van der Waals surface area contributed by atoms with Gasteiger partial charge in [-0.15, -0.1) is 22.9 Å². The predicted octanol–water partition coefficient (Wildman–Crippen LogP) is 4.31. The first-order chi connectivity index (χ1) is 9.65. The summed E-state index contributed by atoms with van der Waals surface area (Å²) in [5.41, 5.74) is 1.35. The number of hydrogen-bond donors (Lipinski definition) is 1. The summed E-state index contributed by atoms with van der Waals surface area (Å²) in [6.07, 6.45) is 3.22. The van der Waals surface area contributed by atoms with Gasteiger partial charge in [0.1, 0.15) is 0 Å². The van der Waals surface area contributed by atoms with Crippen molar-refractivity contribution in [2.24, 2.45) is 5.92 Å². The number of rotatable bonds is 6. The van der Waals surface area contributed by atoms with Crippen LogP contribution in [0.15, 0.2) is 6.07 Å². The van der Waals surface area contributed by atoms with Gasteiger partial charge in [0.15, 0.2) is 0 Å². The largest absolute Gasteiger partial charge is 0.350 e. The lowest BCUT2D eigenvalue weighted by atomic mass is 9.99. The summed E-state index contributed by atoms with van der Waals surface area (Å²) in [4.78, 5) is 14.4. The maximum atomic E-state index is 12.2. The van der Waals surface area contributed by atoms with Crippen LogP contribution < -0.4 is 5.32 Å². The average molecular weight is 332 g/mol. The highest BCUT2D eigenvalue weighted by molar-refractivity contribution is 7.98. The average Bonchev–Trinajstić information content (AvgIpc) is 2.90. The monoisotopic (exact) mass is 331 g/mol. The number of halogens is 1. The van der Waals surface area contributed by atoms with Gasteiger partial charge in [-0.25, -0.2) is 0 Å². The van der Waals surface area contributed by atoms with Crippen molar-refractivity contribution in [1.29, 1.82) is 0 Å². The number of alkyl halides is 1. The molecule has 0 spiro atoms. The van der Waals surface area contributed by atoms with E-state index in [1.165, 1.54) is 16.2 Å². The molecule has 0 fully saturated rings. The minimum atomic E-state index is 0.0269. The molecule has 112 valence electrons. The molecule has 5 heteroatoms. The second-order valence-electron chi connectivity index (χ2n) is 5.16. The number of aryl methyl sites for hydroxylation is 1. The van der Waals surface area contributed by atoms with Crippen LogP contribution in [0.1, 0.15) is 46.8 Å². The van der Waals surface area contributed by atoms with Crippen LogP contribution in [-0.2, 0) is 12.2 Å². The second-order valence-corrected chi connectivity index (χ2v) is 7.97. The van der Waals surface area contributed by atoms with Crippen LogP contribution in [0.2, 0.25) is 0 Å². The van der Waals surface area contributed by atoms with Gasteiger partial charge in [-0.1, -0.05) is 26.7 Å². The molecule has 0 aliphatic carbocycles. The minimum absolute atomic E-state index is 0.0269. The summed E-state index contributed by atoms with van der Waals surface area (Å²) >= 11 is 9.96. The lowest BCUT2D eigenvalue weighted by Crippen LogP contribution is -2.32. The van der Waals surface area contributed by atoms with E-state index in [4.69, 9.17) is 11.6 Å². The quantitative estimate of drug-likeness (QED) is 0.787. The third-order valence-electron chi connectivity index (χ3n) is 3.87. The van der Waals surface area contributed by atoms with Gasteiger partial charge in [0, 0.05) is 17.2 Å². The van der Waals surface area contributed by atoms with Crippen LogP contribution in [0.3, 0.4) is 0 Å². The smallest absolute Gasteiger partial charge is 0.261 e. The zero-order chi connectivity index (χ0) is 14.5. The first kappa shape index (κ1) is 16.2. The van der Waals surface area contributed by atoms with E-state index in [1.54, 1.807) is 11.3 Å². The van der Waals surface area contributed by atoms with E-state index < -0.39 is 0 Å². The first-order valence-corrected chi connectivity index (χ1v) is 9.68. The molecule has 0 radical (unpaired) electrons. The van der Waals surface area contributed by atoms with Crippen LogP contribution >= 0.6 is 34.7 Å². The van der Waals surface area contributed by atoms with E-state index in [2.05, 4.69) is 25.2 Å². The molecule has 0 saturated heterocycles. The Morgan fingerprint density at radius 3 is 2.85 bits per heavy atom. The van der Waals surface area contributed by atoms with Gasteiger partial charge < -0.3 is 5.32 Å². The summed E-state index contributed by atoms with van der Waals surface area (Å²) < 4.78 is 0. The second kappa shape index (κ2) is 7.71. The maximum absolute atomic E-state index is 12.2. The normalized spacial score (nSPS) is 16.0. The molecule has 1 N–H and O–H groups in total. The molecule has 0 saturated carbocycles. The third-order valence-corrected chi connectivity index (χ3v) is 6.62. The molecule has 2 nitrogen and oxygen atoms in total. The van der Waals surface area contributed by atoms with Crippen molar-refractivity contribution in [1.82, 2.24) is 5.32 Å². The van der Waals surface area contributed by atoms with E-state index >= 15 is 0 Å². The molecule has 1 aliphatic heterocycles. The molecule has 1 unspecified atom stereocenters. The van der Waals surface area contributed by atoms with Gasteiger partial charge in [-0.05, 0) is 29.7 Å². The van der Waals surface area contributed by atoms with Crippen LogP contribution in [0.5, 0.6) is 0 Å². The molecule has 2 rings (SSSR count). The van der Waals surface area contributed by atoms with Crippen molar-refractivity contribution < 1.29 is 4.79 Å². The minimum Gasteiger partial charge on any atom is -0.350 e. The topological polar surface area (TPSA) is 29.1 Å². The Hall–Kier alpha value is -0.190. The van der Waals surface area contributed by atoms with E-state index in [-0.39, 0.29) is 11.3 Å². The summed E-state index contributed by atoms with van der Waals surface area (Å²) in [6, 6.07) is 2.06. The number of fused-ring (bicyclic) bond motifs is 1. The van der Waals surface area contributed by atoms with E-state index in [0.717, 1.165) is 29.9 Å². The zero-order valence-electron chi connectivity index (χ0n) is 12.1. The Kier molecular flexibility index (Phi) is 6.24. The van der Waals surface area contributed by atoms with Gasteiger partial charge in [0.25, 0.3) is 5.91 Å². The zero-order valence-corrected chi connectivity index (χ0v) is 14.5. The molecule has 20 heavy (non-hydrogen) atoms. The highest BCUT2D eigenvalue weighted by atomic mass is 35.5. The Bertz CT molecular complexity index is 433. The number of nitrogens with one attached hydrogen (secondary N) is 1. The van der Waals surface area contributed by atoms with Crippen LogP contribution in [-0.4, -0.2) is 23.6 Å². The first-order valence-electron chi connectivity index (χ1n) is 7.27. The molecule has 1 aromatic rings. The van der Waals surface area contributed by atoms with Crippen molar-refractivity contribution >= 4 is 40.6 Å². The Balaban J connectivity index is 1.90. The summed E-state index contributed by atoms with van der Waals surface area (Å²) in [5.74, 6) is 2.73. The Morgan fingerprint density at radius 1 is 1.45 bits per heavy atom. The van der Waals surface area contributed by atoms with Crippen LogP contribution in [0, 0.1) is 5.92 Å². The van der Waals surface area contributed by atoms with Crippen molar-refractivity contribution in [3.8, 4) is 0 Å². The fourth-order valence-electron chi connectivity index (χ4n) is 2.50. The van der Waals surface area contributed by atoms with Gasteiger partial charge in [-0.2, -0.15) is 11.8 Å². The fourth-order valence-corrected chi connectivity index (χ4v) is 5.23. The fraction of sp³-hybridized carbons (Fsp3) is 0.667. The predicted molar refractivity (Wildman–Crippen MR) is 90.2 cm³/mol. The molecule has 1 atom stereocenters. The third kappa shape index (κ3) is 3.92. The molecule has 0 aromatic carbocycles. The Morgan fingerprint density at radius 2 is 2.20 bits per heavy atom. The van der Waals surface area contributed by atoms with Gasteiger partial charge >= 0.3 is 0 Å². The molecular weight excluding hydrogens is 310 g/mol. The van der Waals surface area contributed by atoms with E-state index in [0.29, 0.717) is 12.5 Å². The number of carbonyl (C=O) groups excluding carboxylic acids is 1. The van der Waals surface area contributed by atoms with Gasteiger partial charge in [-0.3, -0.25) is 4.79 Å². The molecule has 1 aromatic heterocycles. The van der Waals surface area contributed by atoms with Crippen LogP contribution in [0.4, 0.5) is 0 Å². The van der Waals surface area contributed by atoms with Gasteiger partial charge in [0.2, 0.25) is 0 Å². The van der Waals surface area contributed by atoms with Crippen LogP contribution in [0.25, 0.3) is 0 Å². The highest BCUT2D eigenvalue weighted by Gasteiger charge is 2.20. The van der Waals surface area contributed by atoms with Crippen molar-refractivity contribution in [2.75, 3.05) is 12.3 Å². The van der Waals surface area contributed by atoms with Gasteiger partial charge in [0.05, 0.1) is 10.3 Å². The lowest BCUT2D eigenvalue weighted by molar-refractivity contribution is 0.0955. The lowest BCUT2D eigenvalue weighted by Gasteiger charge is -2.19. The molecule has 1 aliphatic rings. The highest BCUT2D eigenvalue weighted by Crippen LogP contribution is 2.31. The molecule has 0 bridgehead atoms. The summed E-state index contributed by atoms with van der Waals surface area (Å²) in [6.45, 7) is 4.86. The number of hydrogen-bond acceptors (Lipinski definition) is 3. The number of thiophene rings is 1. The Labute approximate surface area is 134 Å². The molecule has 1 amide bonds. The molecule has 2 heterocycles. The summed E-state index contributed by atoms with van der Waals surface area (Å²) in [5, 5.41) is 3.02.